The minimum atomic E-state index is 0.621. The molecule has 63 heavy (non-hydrogen) atoms. The third kappa shape index (κ3) is 5.95. The zero-order valence-electron chi connectivity index (χ0n) is 33.4. The molecule has 5 aromatic heterocycles. The molecule has 8 heteroatoms. The average Bonchev–Trinajstić information content (AvgIpc) is 4.05. The van der Waals surface area contributed by atoms with Gasteiger partial charge in [0, 0.05) is 73.5 Å². The molecule has 0 saturated heterocycles. The van der Waals surface area contributed by atoms with Crippen molar-refractivity contribution in [1.29, 1.82) is 0 Å². The summed E-state index contributed by atoms with van der Waals surface area (Å²) in [5.74, 6) is 2.53. The number of hydrogen-bond acceptors (Lipinski definition) is 8. The zero-order valence-corrected chi connectivity index (χ0v) is 35.0. The van der Waals surface area contributed by atoms with Crippen LogP contribution in [0.3, 0.4) is 0 Å². The Kier molecular flexibility index (Phi) is 8.15. The Balaban J connectivity index is 0.969. The predicted octanol–water partition coefficient (Wildman–Crippen LogP) is 15.3. The fourth-order valence-corrected chi connectivity index (χ4v) is 11.2. The van der Waals surface area contributed by atoms with Crippen molar-refractivity contribution in [3.8, 4) is 67.9 Å². The second-order valence-electron chi connectivity index (χ2n) is 15.6. The minimum absolute atomic E-state index is 0.621. The number of aromatic nitrogens is 5. The number of fused-ring (bicyclic) bond motifs is 9. The molecule has 0 radical (unpaired) electrons. The monoisotopic (exact) mass is 841 g/mol. The number of rotatable bonds is 6. The molecular weight excluding hydrogens is 811 g/mol. The highest BCUT2D eigenvalue weighted by Crippen LogP contribution is 2.44. The summed E-state index contributed by atoms with van der Waals surface area (Å²) >= 11 is 3.59. The second kappa shape index (κ2) is 14.3. The molecule has 0 spiro atoms. The Morgan fingerprint density at radius 3 is 1.81 bits per heavy atom. The highest BCUT2D eigenvalue weighted by molar-refractivity contribution is 7.26. The lowest BCUT2D eigenvalue weighted by Gasteiger charge is -2.11. The normalized spacial score (nSPS) is 11.8. The predicted molar refractivity (Wildman–Crippen MR) is 261 cm³/mol. The van der Waals surface area contributed by atoms with Crippen molar-refractivity contribution in [2.75, 3.05) is 0 Å². The van der Waals surface area contributed by atoms with Crippen LogP contribution in [-0.4, -0.2) is 24.9 Å². The molecule has 0 fully saturated rings. The highest BCUT2D eigenvalue weighted by Gasteiger charge is 2.21. The summed E-state index contributed by atoms with van der Waals surface area (Å²) < 4.78 is 11.3. The molecule has 0 saturated carbocycles. The van der Waals surface area contributed by atoms with Crippen LogP contribution in [-0.2, 0) is 0 Å². The van der Waals surface area contributed by atoms with Crippen LogP contribution < -0.4 is 0 Å². The van der Waals surface area contributed by atoms with E-state index in [0.29, 0.717) is 28.9 Å². The summed E-state index contributed by atoms with van der Waals surface area (Å²) in [5.41, 5.74) is 10.0. The Morgan fingerprint density at radius 1 is 0.349 bits per heavy atom. The van der Waals surface area contributed by atoms with Crippen molar-refractivity contribution in [2.45, 2.75) is 0 Å². The SMILES string of the molecule is c1ccc(-c2nc(-c3cccc(-c4cccc5c4sc4ccccc45)c3)nc(-c3cccc4sc5cc(-c6nc(-c7ccccc7)nc7c6oc6ccccc67)ccc5c34)n2)cc1. The van der Waals surface area contributed by atoms with E-state index in [9.17, 15) is 0 Å². The molecule has 8 aromatic carbocycles. The standard InChI is InChI=1S/C55H31N5OS2/c1-3-14-32(15-4-1)52-56-48(50-49(57-52)40-21-7-9-25-43(40)61-50)35-28-29-41-46(31-35)62-45-27-13-24-42(47(41)45)55-59-53(33-16-5-2-6-17-33)58-54(60-55)36-19-11-18-34(30-36)37-22-12-23-39-38-20-8-10-26-44(38)63-51(37)39/h1-31H. The van der Waals surface area contributed by atoms with Gasteiger partial charge >= 0.3 is 0 Å². The van der Waals surface area contributed by atoms with Crippen molar-refractivity contribution in [2.24, 2.45) is 0 Å². The molecule has 5 heterocycles. The van der Waals surface area contributed by atoms with Crippen LogP contribution in [0.2, 0.25) is 0 Å². The lowest BCUT2D eigenvalue weighted by Crippen LogP contribution is -2.00. The van der Waals surface area contributed by atoms with E-state index in [-0.39, 0.29) is 0 Å². The van der Waals surface area contributed by atoms with Gasteiger partial charge in [-0.3, -0.25) is 0 Å². The van der Waals surface area contributed by atoms with Gasteiger partial charge in [-0.2, -0.15) is 0 Å². The van der Waals surface area contributed by atoms with E-state index < -0.39 is 0 Å². The minimum Gasteiger partial charge on any atom is -0.452 e. The second-order valence-corrected chi connectivity index (χ2v) is 17.7. The topological polar surface area (TPSA) is 77.6 Å². The van der Waals surface area contributed by atoms with E-state index in [1.165, 1.54) is 25.7 Å². The summed E-state index contributed by atoms with van der Waals surface area (Å²) in [6.07, 6.45) is 0. The lowest BCUT2D eigenvalue weighted by molar-refractivity contribution is 0.667. The largest absolute Gasteiger partial charge is 0.452 e. The first-order valence-corrected chi connectivity index (χ1v) is 22.4. The zero-order chi connectivity index (χ0) is 41.4. The van der Waals surface area contributed by atoms with Gasteiger partial charge in [-0.05, 0) is 47.5 Å². The van der Waals surface area contributed by atoms with Crippen molar-refractivity contribution < 1.29 is 4.42 Å². The van der Waals surface area contributed by atoms with Gasteiger partial charge in [0.05, 0.1) is 0 Å². The number of nitrogens with zero attached hydrogens (tertiary/aromatic N) is 5. The van der Waals surface area contributed by atoms with E-state index in [1.807, 2.05) is 78.1 Å². The maximum atomic E-state index is 6.49. The smallest absolute Gasteiger partial charge is 0.180 e. The highest BCUT2D eigenvalue weighted by atomic mass is 32.1. The number of hydrogen-bond donors (Lipinski definition) is 0. The Morgan fingerprint density at radius 2 is 0.968 bits per heavy atom. The molecule has 0 aliphatic heterocycles. The average molecular weight is 842 g/mol. The number of para-hydroxylation sites is 1. The van der Waals surface area contributed by atoms with Crippen LogP contribution in [0.5, 0.6) is 0 Å². The van der Waals surface area contributed by atoms with Crippen molar-refractivity contribution in [3.63, 3.8) is 0 Å². The van der Waals surface area contributed by atoms with Crippen LogP contribution in [0.25, 0.3) is 130 Å². The van der Waals surface area contributed by atoms with Crippen LogP contribution in [0.1, 0.15) is 0 Å². The van der Waals surface area contributed by atoms with E-state index in [4.69, 9.17) is 29.3 Å². The van der Waals surface area contributed by atoms with Crippen molar-refractivity contribution in [1.82, 2.24) is 24.9 Å². The number of benzene rings is 8. The van der Waals surface area contributed by atoms with E-state index in [2.05, 4.69) is 121 Å². The van der Waals surface area contributed by atoms with Gasteiger partial charge in [0.25, 0.3) is 0 Å². The molecule has 0 amide bonds. The fraction of sp³-hybridized carbons (Fsp3) is 0. The molecule has 0 bridgehead atoms. The number of furan rings is 1. The molecule has 13 rings (SSSR count). The summed E-state index contributed by atoms with van der Waals surface area (Å²) in [6, 6.07) is 65.1. The van der Waals surface area contributed by atoms with E-state index in [0.717, 1.165) is 75.7 Å². The Hall–Kier alpha value is -7.91. The van der Waals surface area contributed by atoms with E-state index in [1.54, 1.807) is 11.3 Å². The first-order chi connectivity index (χ1) is 31.2. The third-order valence-electron chi connectivity index (χ3n) is 11.8. The Labute approximate surface area is 368 Å². The van der Waals surface area contributed by atoms with Gasteiger partial charge < -0.3 is 4.42 Å². The summed E-state index contributed by atoms with van der Waals surface area (Å²) in [6.45, 7) is 0. The molecule has 0 atom stereocenters. The van der Waals surface area contributed by atoms with Crippen molar-refractivity contribution >= 4 is 85.1 Å². The summed E-state index contributed by atoms with van der Waals surface area (Å²) in [4.78, 5) is 25.8. The maximum absolute atomic E-state index is 6.49. The molecule has 0 N–H and O–H groups in total. The molecule has 6 nitrogen and oxygen atoms in total. The molecule has 294 valence electrons. The van der Waals surface area contributed by atoms with Crippen LogP contribution in [0, 0.1) is 0 Å². The van der Waals surface area contributed by atoms with Gasteiger partial charge in [-0.25, -0.2) is 24.9 Å². The molecular formula is C55H31N5OS2. The van der Waals surface area contributed by atoms with Crippen LogP contribution in [0.4, 0.5) is 0 Å². The van der Waals surface area contributed by atoms with Gasteiger partial charge in [0.1, 0.15) is 16.8 Å². The molecule has 13 aromatic rings. The first-order valence-electron chi connectivity index (χ1n) is 20.7. The van der Waals surface area contributed by atoms with Gasteiger partial charge in [0.2, 0.25) is 0 Å². The van der Waals surface area contributed by atoms with E-state index >= 15 is 0 Å². The Bertz CT molecular complexity index is 3930. The summed E-state index contributed by atoms with van der Waals surface area (Å²) in [7, 11) is 0. The fourth-order valence-electron chi connectivity index (χ4n) is 8.80. The van der Waals surface area contributed by atoms with Crippen molar-refractivity contribution in [3.05, 3.63) is 188 Å². The van der Waals surface area contributed by atoms with Crippen LogP contribution in [0.15, 0.2) is 192 Å². The molecule has 0 aliphatic carbocycles. The van der Waals surface area contributed by atoms with Gasteiger partial charge in [0.15, 0.2) is 28.9 Å². The quantitative estimate of drug-likeness (QED) is 0.166. The molecule has 0 aliphatic rings. The van der Waals surface area contributed by atoms with Gasteiger partial charge in [-0.1, -0.05) is 152 Å². The first kappa shape index (κ1) is 35.8. The third-order valence-corrected chi connectivity index (χ3v) is 14.1. The summed E-state index contributed by atoms with van der Waals surface area (Å²) in [5, 5.41) is 5.74. The lowest BCUT2D eigenvalue weighted by atomic mass is 10.0. The maximum Gasteiger partial charge on any atom is 0.180 e. The van der Waals surface area contributed by atoms with Gasteiger partial charge in [-0.15, -0.1) is 22.7 Å². The van der Waals surface area contributed by atoms with Crippen LogP contribution >= 0.6 is 22.7 Å². The number of thiophene rings is 2. The molecule has 0 unspecified atom stereocenters.